The van der Waals surface area contributed by atoms with Crippen LogP contribution >= 0.6 is 0 Å². The molecule has 0 bridgehead atoms. The van der Waals surface area contributed by atoms with Crippen LogP contribution in [0.25, 0.3) is 0 Å². The molecule has 8 heteroatoms. The number of fused-ring (bicyclic) bond motifs is 1. The maximum Gasteiger partial charge on any atom is 0.132 e. The first-order valence-corrected chi connectivity index (χ1v) is 14.6. The van der Waals surface area contributed by atoms with Crippen molar-refractivity contribution in [2.24, 2.45) is 22.6 Å². The summed E-state index contributed by atoms with van der Waals surface area (Å²) in [5.41, 5.74) is 7.89. The van der Waals surface area contributed by atoms with Gasteiger partial charge in [-0.3, -0.25) is 9.89 Å². The van der Waals surface area contributed by atoms with Crippen molar-refractivity contribution < 1.29 is 17.9 Å². The van der Waals surface area contributed by atoms with Gasteiger partial charge in [-0.25, -0.2) is 13.2 Å². The first-order chi connectivity index (χ1) is 20.4. The van der Waals surface area contributed by atoms with Gasteiger partial charge >= 0.3 is 0 Å². The smallest absolute Gasteiger partial charge is 0.132 e. The molecule has 0 radical (unpaired) electrons. The molecule has 3 atom stereocenters. The van der Waals surface area contributed by atoms with Gasteiger partial charge < -0.3 is 15.8 Å². The van der Waals surface area contributed by atoms with Gasteiger partial charge in [-0.15, -0.1) is 0 Å². The fourth-order valence-corrected chi connectivity index (χ4v) is 6.53. The van der Waals surface area contributed by atoms with Gasteiger partial charge in [0.15, 0.2) is 0 Å². The van der Waals surface area contributed by atoms with Gasteiger partial charge in [-0.1, -0.05) is 36.9 Å². The molecule has 1 heterocycles. The predicted octanol–water partition coefficient (Wildman–Crippen LogP) is 6.29. The van der Waals surface area contributed by atoms with Crippen LogP contribution in [0.2, 0.25) is 0 Å². The van der Waals surface area contributed by atoms with Crippen LogP contribution in [-0.4, -0.2) is 50.1 Å². The second-order valence-electron chi connectivity index (χ2n) is 11.5. The highest BCUT2D eigenvalue weighted by Crippen LogP contribution is 2.41. The van der Waals surface area contributed by atoms with Crippen molar-refractivity contribution >= 4 is 12.0 Å². The molecule has 2 fully saturated rings. The lowest BCUT2D eigenvalue weighted by atomic mass is 9.92. The Morgan fingerprint density at radius 2 is 1.60 bits per heavy atom. The SMILES string of the molecule is C=CC(CN1CC2CC(Nc3ccc(Cc4ccc(F)cc4)cc3)CC2C1)(OCCCN=CN)c1ccc(F)cc1F. The lowest BCUT2D eigenvalue weighted by molar-refractivity contribution is -0.0360. The molecule has 3 aromatic rings. The van der Waals surface area contributed by atoms with Gasteiger partial charge in [0.1, 0.15) is 23.1 Å². The number of rotatable bonds is 13. The van der Waals surface area contributed by atoms with Crippen LogP contribution in [-0.2, 0) is 16.8 Å². The summed E-state index contributed by atoms with van der Waals surface area (Å²) in [5.74, 6) is -0.424. The van der Waals surface area contributed by atoms with E-state index in [2.05, 4.69) is 46.1 Å². The number of nitrogens with one attached hydrogen (secondary N) is 1. The quantitative estimate of drug-likeness (QED) is 0.109. The second kappa shape index (κ2) is 13.6. The normalized spacial score (nSPS) is 21.8. The van der Waals surface area contributed by atoms with E-state index < -0.39 is 17.2 Å². The predicted molar refractivity (Wildman–Crippen MR) is 162 cm³/mol. The summed E-state index contributed by atoms with van der Waals surface area (Å²) in [6, 6.07) is 19.1. The minimum absolute atomic E-state index is 0.220. The Morgan fingerprint density at radius 3 is 2.21 bits per heavy atom. The number of hydrogen-bond acceptors (Lipinski definition) is 4. The van der Waals surface area contributed by atoms with E-state index in [1.807, 2.05) is 12.1 Å². The van der Waals surface area contributed by atoms with E-state index >= 15 is 4.39 Å². The zero-order valence-corrected chi connectivity index (χ0v) is 23.8. The van der Waals surface area contributed by atoms with Crippen LogP contribution in [0.3, 0.4) is 0 Å². The molecule has 222 valence electrons. The summed E-state index contributed by atoms with van der Waals surface area (Å²) in [4.78, 5) is 6.35. The van der Waals surface area contributed by atoms with Crippen molar-refractivity contribution in [3.63, 3.8) is 0 Å². The van der Waals surface area contributed by atoms with E-state index in [9.17, 15) is 8.78 Å². The first-order valence-electron chi connectivity index (χ1n) is 14.6. The molecule has 3 unspecified atom stereocenters. The summed E-state index contributed by atoms with van der Waals surface area (Å²) >= 11 is 0. The van der Waals surface area contributed by atoms with Crippen LogP contribution in [0.1, 0.15) is 36.0 Å². The molecule has 42 heavy (non-hydrogen) atoms. The molecular weight excluding hydrogens is 537 g/mol. The van der Waals surface area contributed by atoms with E-state index in [1.165, 1.54) is 36.2 Å². The number of nitrogens with zero attached hydrogens (tertiary/aromatic N) is 2. The molecule has 1 aliphatic heterocycles. The number of halogens is 3. The minimum atomic E-state index is -1.10. The standard InChI is InChI=1S/C34H39F3N4O/c1-2-34(42-15-3-14-39-23-38,32-13-10-29(36)19-33(32)37)22-41-20-26-17-31(18-27(26)21-41)40-30-11-6-25(7-12-30)16-24-4-8-28(35)9-5-24/h2,4-13,19,23,26-27,31,40H,1,3,14-18,20-22H2,(H2,38,39). The fraction of sp³-hybridized carbons (Fsp3) is 0.382. The summed E-state index contributed by atoms with van der Waals surface area (Å²) < 4.78 is 48.3. The third kappa shape index (κ3) is 7.23. The maximum absolute atomic E-state index is 15.0. The molecule has 0 spiro atoms. The Balaban J connectivity index is 1.18. The monoisotopic (exact) mass is 576 g/mol. The lowest BCUT2D eigenvalue weighted by Gasteiger charge is -2.36. The largest absolute Gasteiger partial charge is 0.390 e. The van der Waals surface area contributed by atoms with Crippen molar-refractivity contribution in [1.82, 2.24) is 4.90 Å². The molecule has 1 saturated carbocycles. The van der Waals surface area contributed by atoms with Crippen LogP contribution in [0.15, 0.2) is 84.4 Å². The van der Waals surface area contributed by atoms with Gasteiger partial charge in [0.05, 0.1) is 12.9 Å². The molecule has 0 aromatic heterocycles. The fourth-order valence-electron chi connectivity index (χ4n) is 6.53. The van der Waals surface area contributed by atoms with E-state index in [1.54, 1.807) is 6.08 Å². The van der Waals surface area contributed by atoms with Gasteiger partial charge in [-0.05, 0) is 85.0 Å². The van der Waals surface area contributed by atoms with Crippen LogP contribution in [0.5, 0.6) is 0 Å². The number of likely N-dealkylation sites (tertiary alicyclic amines) is 1. The highest BCUT2D eigenvalue weighted by molar-refractivity contribution is 5.51. The third-order valence-corrected chi connectivity index (χ3v) is 8.54. The van der Waals surface area contributed by atoms with E-state index in [0.29, 0.717) is 49.6 Å². The molecule has 5 nitrogen and oxygen atoms in total. The van der Waals surface area contributed by atoms with Gasteiger partial charge in [-0.2, -0.15) is 0 Å². The average Bonchev–Trinajstić information content (AvgIpc) is 3.52. The van der Waals surface area contributed by atoms with Crippen molar-refractivity contribution in [2.75, 3.05) is 38.1 Å². The van der Waals surface area contributed by atoms with Crippen molar-refractivity contribution in [3.8, 4) is 0 Å². The molecule has 3 aromatic carbocycles. The van der Waals surface area contributed by atoms with Gasteiger partial charge in [0.25, 0.3) is 0 Å². The van der Waals surface area contributed by atoms with Crippen molar-refractivity contribution in [1.29, 1.82) is 0 Å². The summed E-state index contributed by atoms with van der Waals surface area (Å²) in [5, 5.41) is 3.71. The Morgan fingerprint density at radius 1 is 0.952 bits per heavy atom. The number of hydrogen-bond donors (Lipinski definition) is 2. The van der Waals surface area contributed by atoms with Gasteiger partial charge in [0.2, 0.25) is 0 Å². The number of aliphatic imine (C=N–C) groups is 1. The molecular formula is C34H39F3N4O. The first kappa shape index (κ1) is 29.9. The minimum Gasteiger partial charge on any atom is -0.390 e. The molecule has 2 aliphatic rings. The second-order valence-corrected chi connectivity index (χ2v) is 11.5. The summed E-state index contributed by atoms with van der Waals surface area (Å²) in [6.07, 6.45) is 6.41. The summed E-state index contributed by atoms with van der Waals surface area (Å²) in [6.45, 7) is 7.08. The summed E-state index contributed by atoms with van der Waals surface area (Å²) in [7, 11) is 0. The molecule has 1 aliphatic carbocycles. The van der Waals surface area contributed by atoms with Crippen molar-refractivity contribution in [2.45, 2.75) is 37.3 Å². The zero-order chi connectivity index (χ0) is 29.5. The molecule has 1 saturated heterocycles. The average molecular weight is 577 g/mol. The van der Waals surface area contributed by atoms with E-state index in [4.69, 9.17) is 10.5 Å². The lowest BCUT2D eigenvalue weighted by Crippen LogP contribution is -2.42. The van der Waals surface area contributed by atoms with Crippen LogP contribution in [0.4, 0.5) is 18.9 Å². The molecule has 3 N–H and O–H groups in total. The highest BCUT2D eigenvalue weighted by atomic mass is 19.1. The van der Waals surface area contributed by atoms with E-state index in [-0.39, 0.29) is 5.82 Å². The number of benzene rings is 3. The maximum atomic E-state index is 15.0. The van der Waals surface area contributed by atoms with Crippen LogP contribution < -0.4 is 11.1 Å². The number of nitrogens with two attached hydrogens (primary N) is 1. The Bertz CT molecular complexity index is 1350. The number of anilines is 1. The van der Waals surface area contributed by atoms with E-state index in [0.717, 1.165) is 49.7 Å². The van der Waals surface area contributed by atoms with Gasteiger partial charge in [0, 0.05) is 49.5 Å². The van der Waals surface area contributed by atoms with Crippen molar-refractivity contribution in [3.05, 3.63) is 114 Å². The number of ether oxygens (including phenoxy) is 1. The Hall–Kier alpha value is -3.62. The Kier molecular flexibility index (Phi) is 9.65. The third-order valence-electron chi connectivity index (χ3n) is 8.54. The topological polar surface area (TPSA) is 62.9 Å². The molecule has 0 amide bonds. The highest BCUT2D eigenvalue weighted by Gasteiger charge is 2.44. The zero-order valence-electron chi connectivity index (χ0n) is 23.8. The van der Waals surface area contributed by atoms with Crippen LogP contribution in [0, 0.1) is 29.3 Å². The Labute approximate surface area is 246 Å². The molecule has 5 rings (SSSR count).